The van der Waals surface area contributed by atoms with E-state index in [1.807, 2.05) is 13.8 Å². The first-order valence-electron chi connectivity index (χ1n) is 5.02. The third-order valence-corrected chi connectivity index (χ3v) is 1.81. The summed E-state index contributed by atoms with van der Waals surface area (Å²) in [4.78, 5) is 14.5. The fourth-order valence-corrected chi connectivity index (χ4v) is 1.19. The van der Waals surface area contributed by atoms with Crippen LogP contribution in [0.5, 0.6) is 5.88 Å². The quantitative estimate of drug-likeness (QED) is 0.791. The minimum atomic E-state index is -1.10. The number of rotatable bonds is 5. The molecule has 0 aromatic carbocycles. The molecular formula is C11H15NO4. The van der Waals surface area contributed by atoms with Crippen molar-refractivity contribution in [1.82, 2.24) is 4.98 Å². The molecule has 0 amide bonds. The molecule has 1 heterocycles. The number of ether oxygens (including phenoxy) is 1. The normalized spacial score (nSPS) is 12.5. The Bertz CT molecular complexity index is 365. The Labute approximate surface area is 93.7 Å². The number of aliphatic carboxylic acids is 1. The lowest BCUT2D eigenvalue weighted by atomic mass is 10.2. The summed E-state index contributed by atoms with van der Waals surface area (Å²) in [6.07, 6.45) is -1.48. The van der Waals surface area contributed by atoms with Gasteiger partial charge in [-0.15, -0.1) is 0 Å². The Balaban J connectivity index is 2.77. The van der Waals surface area contributed by atoms with Crippen LogP contribution in [-0.4, -0.2) is 27.3 Å². The number of hydrogen-bond donors (Lipinski definition) is 2. The molecule has 0 fully saturated rings. The minimum absolute atomic E-state index is 0.0145. The van der Waals surface area contributed by atoms with Crippen LogP contribution in [0.4, 0.5) is 0 Å². The van der Waals surface area contributed by atoms with Crippen molar-refractivity contribution in [2.45, 2.75) is 32.5 Å². The Hall–Kier alpha value is -1.62. The molecule has 0 saturated heterocycles. The Morgan fingerprint density at radius 1 is 1.50 bits per heavy atom. The lowest BCUT2D eigenvalue weighted by Crippen LogP contribution is -2.10. The molecule has 0 radical (unpaired) electrons. The average molecular weight is 225 g/mol. The number of hydrogen-bond acceptors (Lipinski definition) is 4. The van der Waals surface area contributed by atoms with Crippen molar-refractivity contribution in [1.29, 1.82) is 0 Å². The molecule has 1 unspecified atom stereocenters. The van der Waals surface area contributed by atoms with Gasteiger partial charge in [0.2, 0.25) is 5.88 Å². The lowest BCUT2D eigenvalue weighted by Gasteiger charge is -2.11. The number of carboxylic acid groups (broad SMARTS) is 1. The first-order valence-corrected chi connectivity index (χ1v) is 5.02. The second kappa shape index (κ2) is 5.46. The van der Waals surface area contributed by atoms with Crippen molar-refractivity contribution in [3.8, 4) is 5.88 Å². The molecule has 0 aliphatic carbocycles. The summed E-state index contributed by atoms with van der Waals surface area (Å²) >= 11 is 0. The van der Waals surface area contributed by atoms with E-state index in [1.54, 1.807) is 18.2 Å². The zero-order chi connectivity index (χ0) is 12.1. The Kier molecular flexibility index (Phi) is 4.25. The number of aliphatic hydroxyl groups excluding tert-OH is 1. The number of carboxylic acids is 1. The van der Waals surface area contributed by atoms with Gasteiger partial charge in [-0.3, -0.25) is 4.79 Å². The van der Waals surface area contributed by atoms with Crippen LogP contribution in [0.1, 0.15) is 32.1 Å². The van der Waals surface area contributed by atoms with E-state index in [-0.39, 0.29) is 12.5 Å². The van der Waals surface area contributed by atoms with Crippen LogP contribution in [0.15, 0.2) is 18.2 Å². The summed E-state index contributed by atoms with van der Waals surface area (Å²) in [6.45, 7) is 3.73. The minimum Gasteiger partial charge on any atom is -0.481 e. The highest BCUT2D eigenvalue weighted by molar-refractivity contribution is 5.67. The second-order valence-electron chi connectivity index (χ2n) is 3.68. The van der Waals surface area contributed by atoms with Crippen LogP contribution in [0.2, 0.25) is 0 Å². The molecule has 2 N–H and O–H groups in total. The molecule has 1 aromatic rings. The van der Waals surface area contributed by atoms with Crippen LogP contribution < -0.4 is 4.74 Å². The van der Waals surface area contributed by atoms with Gasteiger partial charge >= 0.3 is 5.97 Å². The smallest absolute Gasteiger partial charge is 0.306 e. The molecule has 1 aromatic heterocycles. The third-order valence-electron chi connectivity index (χ3n) is 1.81. The van der Waals surface area contributed by atoms with E-state index in [2.05, 4.69) is 4.98 Å². The highest BCUT2D eigenvalue weighted by atomic mass is 16.5. The van der Waals surface area contributed by atoms with E-state index in [4.69, 9.17) is 9.84 Å². The molecule has 1 rings (SSSR count). The summed E-state index contributed by atoms with van der Waals surface area (Å²) in [5.41, 5.74) is 0.306. The van der Waals surface area contributed by atoms with E-state index < -0.39 is 12.1 Å². The van der Waals surface area contributed by atoms with Crippen molar-refractivity contribution in [2.24, 2.45) is 0 Å². The molecule has 0 spiro atoms. The summed E-state index contributed by atoms with van der Waals surface area (Å²) in [5, 5.41) is 18.1. The van der Waals surface area contributed by atoms with Crippen molar-refractivity contribution >= 4 is 5.97 Å². The van der Waals surface area contributed by atoms with Gasteiger partial charge in [0.05, 0.1) is 18.2 Å². The maximum Gasteiger partial charge on any atom is 0.306 e. The average Bonchev–Trinajstić information content (AvgIpc) is 2.16. The van der Waals surface area contributed by atoms with Gasteiger partial charge in [-0.2, -0.15) is 0 Å². The molecule has 0 aliphatic heterocycles. The molecule has 5 nitrogen and oxygen atoms in total. The van der Waals surface area contributed by atoms with Gasteiger partial charge in [0.15, 0.2) is 0 Å². The number of nitrogens with zero attached hydrogens (tertiary/aromatic N) is 1. The fourth-order valence-electron chi connectivity index (χ4n) is 1.19. The fraction of sp³-hybridized carbons (Fsp3) is 0.455. The Morgan fingerprint density at radius 3 is 2.75 bits per heavy atom. The summed E-state index contributed by atoms with van der Waals surface area (Å²) < 4.78 is 5.34. The van der Waals surface area contributed by atoms with E-state index in [0.29, 0.717) is 11.6 Å². The zero-order valence-corrected chi connectivity index (χ0v) is 9.25. The van der Waals surface area contributed by atoms with E-state index >= 15 is 0 Å². The second-order valence-corrected chi connectivity index (χ2v) is 3.68. The maximum absolute atomic E-state index is 10.4. The Morgan fingerprint density at radius 2 is 2.19 bits per heavy atom. The molecule has 88 valence electrons. The lowest BCUT2D eigenvalue weighted by molar-refractivity contribution is -0.139. The molecule has 5 heteroatoms. The van der Waals surface area contributed by atoms with Crippen LogP contribution >= 0.6 is 0 Å². The highest BCUT2D eigenvalue weighted by Crippen LogP contribution is 2.17. The van der Waals surface area contributed by atoms with Gasteiger partial charge in [0.1, 0.15) is 6.10 Å². The van der Waals surface area contributed by atoms with Crippen molar-refractivity contribution in [3.63, 3.8) is 0 Å². The first-order chi connectivity index (χ1) is 7.49. The third kappa shape index (κ3) is 3.86. The maximum atomic E-state index is 10.4. The molecule has 16 heavy (non-hydrogen) atoms. The van der Waals surface area contributed by atoms with Gasteiger partial charge in [-0.05, 0) is 19.9 Å². The van der Waals surface area contributed by atoms with E-state index in [0.717, 1.165) is 0 Å². The van der Waals surface area contributed by atoms with Gasteiger partial charge in [-0.1, -0.05) is 6.07 Å². The van der Waals surface area contributed by atoms with E-state index in [1.165, 1.54) is 0 Å². The van der Waals surface area contributed by atoms with Crippen LogP contribution in [0, 0.1) is 0 Å². The molecule has 0 bridgehead atoms. The monoisotopic (exact) mass is 225 g/mol. The predicted molar refractivity (Wildman–Crippen MR) is 57.2 cm³/mol. The van der Waals surface area contributed by atoms with Crippen molar-refractivity contribution < 1.29 is 19.7 Å². The molecule has 1 atom stereocenters. The topological polar surface area (TPSA) is 79.7 Å². The highest BCUT2D eigenvalue weighted by Gasteiger charge is 2.14. The largest absolute Gasteiger partial charge is 0.481 e. The van der Waals surface area contributed by atoms with Gasteiger partial charge in [0.25, 0.3) is 0 Å². The SMILES string of the molecule is CC(C)Oc1cccc(C(O)CC(=O)O)n1. The number of aromatic nitrogens is 1. The van der Waals surface area contributed by atoms with Gasteiger partial charge in [0, 0.05) is 6.07 Å². The number of pyridine rings is 1. The van der Waals surface area contributed by atoms with Crippen LogP contribution in [-0.2, 0) is 4.79 Å². The van der Waals surface area contributed by atoms with Crippen LogP contribution in [0.3, 0.4) is 0 Å². The molecular weight excluding hydrogens is 210 g/mol. The van der Waals surface area contributed by atoms with Crippen LogP contribution in [0.25, 0.3) is 0 Å². The van der Waals surface area contributed by atoms with Gasteiger partial charge in [-0.25, -0.2) is 4.98 Å². The first kappa shape index (κ1) is 12.4. The summed E-state index contributed by atoms with van der Waals surface area (Å²) in [6, 6.07) is 4.91. The standard InChI is InChI=1S/C11H15NO4/c1-7(2)16-10-5-3-4-8(12-10)9(13)6-11(14)15/h3-5,7,9,13H,6H2,1-2H3,(H,14,15). The zero-order valence-electron chi connectivity index (χ0n) is 9.25. The van der Waals surface area contributed by atoms with Crippen molar-refractivity contribution in [3.05, 3.63) is 23.9 Å². The number of aliphatic hydroxyl groups is 1. The number of carbonyl (C=O) groups is 1. The summed E-state index contributed by atoms with van der Waals surface area (Å²) in [5.74, 6) is -0.679. The molecule has 0 saturated carbocycles. The van der Waals surface area contributed by atoms with Crippen molar-refractivity contribution in [2.75, 3.05) is 0 Å². The predicted octanol–water partition coefficient (Wildman–Crippen LogP) is 1.38. The van der Waals surface area contributed by atoms with E-state index in [9.17, 15) is 9.90 Å². The molecule has 0 aliphatic rings. The summed E-state index contributed by atoms with van der Waals surface area (Å²) in [7, 11) is 0. The van der Waals surface area contributed by atoms with Gasteiger partial charge < -0.3 is 14.9 Å².